The van der Waals surface area contributed by atoms with Crippen LogP contribution in [0.25, 0.3) is 0 Å². The van der Waals surface area contributed by atoms with E-state index in [0.717, 1.165) is 6.92 Å². The van der Waals surface area contributed by atoms with Crippen molar-refractivity contribution in [1.29, 1.82) is 0 Å². The van der Waals surface area contributed by atoms with E-state index in [1.807, 2.05) is 0 Å². The number of hydrazone groups is 1. The first-order chi connectivity index (χ1) is 19.6. The van der Waals surface area contributed by atoms with Crippen molar-refractivity contribution < 1.29 is 39.0 Å². The molecule has 0 aliphatic carbocycles. The minimum Gasteiger partial charge on any atom is -0.481 e. The number of ketones is 1. The van der Waals surface area contributed by atoms with Crippen molar-refractivity contribution in [3.63, 3.8) is 0 Å². The Balaban J connectivity index is 2.38. The average Bonchev–Trinajstić information content (AvgIpc) is 3.18. The zero-order chi connectivity index (χ0) is 31.6. The number of amides is 4. The molecule has 0 spiro atoms. The van der Waals surface area contributed by atoms with Crippen LogP contribution in [-0.4, -0.2) is 68.6 Å². The number of carboxylic acid groups (broad SMARTS) is 2. The molecule has 1 aliphatic rings. The molecule has 0 radical (unpaired) electrons. The number of imide groups is 1. The molecule has 0 aromatic heterocycles. The van der Waals surface area contributed by atoms with E-state index in [2.05, 4.69) is 10.4 Å². The van der Waals surface area contributed by atoms with Crippen molar-refractivity contribution in [2.45, 2.75) is 51.4 Å². The first-order valence-electron chi connectivity index (χ1n) is 12.7. The number of carbonyl (C=O) groups excluding carboxylic acids is 4. The van der Waals surface area contributed by atoms with Crippen LogP contribution in [0, 0.1) is 5.41 Å². The van der Waals surface area contributed by atoms with Crippen molar-refractivity contribution in [1.82, 2.24) is 10.2 Å². The van der Waals surface area contributed by atoms with Gasteiger partial charge in [-0.1, -0.05) is 63.2 Å². The number of nitrogens with two attached hydrogens (primary N) is 2. The number of nitrogens with one attached hydrogen (secondary N) is 1. The lowest BCUT2D eigenvalue weighted by Crippen LogP contribution is -2.74. The smallest absolute Gasteiger partial charge is 0.360 e. The van der Waals surface area contributed by atoms with Crippen LogP contribution in [0.1, 0.15) is 45.2 Å². The topological polar surface area (TPSA) is 226 Å². The molecular formula is C28H32N6O8. The monoisotopic (exact) mass is 580 g/mol. The normalized spacial score (nSPS) is 19.2. The minimum absolute atomic E-state index is 0.205. The highest BCUT2D eigenvalue weighted by Gasteiger charge is 2.70. The number of hydrogen-bond acceptors (Lipinski definition) is 9. The van der Waals surface area contributed by atoms with E-state index in [1.165, 1.54) is 48.7 Å². The molecule has 4 amide bonds. The molecule has 222 valence electrons. The molecule has 42 heavy (non-hydrogen) atoms. The van der Waals surface area contributed by atoms with Crippen molar-refractivity contribution in [3.8, 4) is 0 Å². The first-order valence-corrected chi connectivity index (χ1v) is 12.7. The highest BCUT2D eigenvalue weighted by molar-refractivity contribution is 6.24. The number of para-hydroxylation sites is 1. The van der Waals surface area contributed by atoms with Gasteiger partial charge in [-0.15, -0.1) is 0 Å². The summed E-state index contributed by atoms with van der Waals surface area (Å²) in [6.07, 6.45) is 0.421. The Morgan fingerprint density at radius 2 is 1.62 bits per heavy atom. The van der Waals surface area contributed by atoms with Gasteiger partial charge in [0.1, 0.15) is 0 Å². The van der Waals surface area contributed by atoms with Gasteiger partial charge in [0.25, 0.3) is 11.6 Å². The fourth-order valence-corrected chi connectivity index (χ4v) is 5.11. The Morgan fingerprint density at radius 3 is 2.07 bits per heavy atom. The quantitative estimate of drug-likeness (QED) is 0.0880. The predicted octanol–water partition coefficient (Wildman–Crippen LogP) is 0.978. The highest BCUT2D eigenvalue weighted by atomic mass is 16.4. The minimum atomic E-state index is -3.30. The van der Waals surface area contributed by atoms with Crippen molar-refractivity contribution >= 4 is 47.5 Å². The fraction of sp³-hybridized carbons (Fsp3) is 0.321. The van der Waals surface area contributed by atoms with Crippen LogP contribution >= 0.6 is 0 Å². The molecule has 3 atom stereocenters. The van der Waals surface area contributed by atoms with Gasteiger partial charge in [0.2, 0.25) is 5.91 Å². The first kappa shape index (κ1) is 31.4. The summed E-state index contributed by atoms with van der Waals surface area (Å²) in [5, 5.41) is 26.0. The Labute approximate surface area is 240 Å². The second kappa shape index (κ2) is 11.4. The standard InChI is InChI=1S/C28H32N6O8/c1-16(35)28(24(40)41,33(19-8-6-5-7-9-19)22(38)20(29)14-21(36)37)34-23(39)27(26(2,3)4,32-25(34)42)18-12-10-17(11-13-18)15-31-30/h5-13,15,20H,14,29-30H2,1-4H3,(H,32,42)(H,36,37)(H,40,41)/t20-,27+,28-/m0/s1. The van der Waals surface area contributed by atoms with Crippen molar-refractivity contribution in [2.75, 3.05) is 4.90 Å². The summed E-state index contributed by atoms with van der Waals surface area (Å²) in [4.78, 5) is 80.9. The van der Waals surface area contributed by atoms with Gasteiger partial charge in [0, 0.05) is 5.69 Å². The largest absolute Gasteiger partial charge is 0.481 e. The van der Waals surface area contributed by atoms with E-state index in [9.17, 15) is 39.0 Å². The lowest BCUT2D eigenvalue weighted by atomic mass is 9.69. The molecule has 0 saturated carbocycles. The van der Waals surface area contributed by atoms with Gasteiger partial charge in [0.05, 0.1) is 18.7 Å². The van der Waals surface area contributed by atoms with Gasteiger partial charge < -0.3 is 27.1 Å². The molecule has 0 bridgehead atoms. The van der Waals surface area contributed by atoms with Crippen LogP contribution in [0.3, 0.4) is 0 Å². The fourth-order valence-electron chi connectivity index (χ4n) is 5.11. The molecule has 0 unspecified atom stereocenters. The zero-order valence-electron chi connectivity index (χ0n) is 23.4. The van der Waals surface area contributed by atoms with Crippen LogP contribution in [0.5, 0.6) is 0 Å². The molecule has 14 nitrogen and oxygen atoms in total. The summed E-state index contributed by atoms with van der Waals surface area (Å²) in [5.74, 6) is -2.05. The van der Waals surface area contributed by atoms with Gasteiger partial charge >= 0.3 is 18.0 Å². The van der Waals surface area contributed by atoms with Crippen LogP contribution in [0.2, 0.25) is 0 Å². The van der Waals surface area contributed by atoms with E-state index in [0.29, 0.717) is 10.5 Å². The maximum absolute atomic E-state index is 14.6. The van der Waals surface area contributed by atoms with Crippen LogP contribution in [0.4, 0.5) is 10.5 Å². The molecule has 2 aromatic carbocycles. The Bertz CT molecular complexity index is 1440. The van der Waals surface area contributed by atoms with Gasteiger partial charge in [0.15, 0.2) is 11.3 Å². The number of rotatable bonds is 10. The number of anilines is 1. The number of urea groups is 1. The SMILES string of the molecule is CC(=O)[C@@](C(=O)O)(N1C(=O)N[C@@](c2ccc(C=NN)cc2)(C(C)(C)C)C1=O)N(C(=O)[C@@H](N)CC(=O)O)c1ccccc1. The van der Waals surface area contributed by atoms with Crippen molar-refractivity contribution in [2.24, 2.45) is 22.1 Å². The Kier molecular flexibility index (Phi) is 8.53. The number of nitrogens with zero attached hydrogens (tertiary/aromatic N) is 3. The molecular weight excluding hydrogens is 548 g/mol. The maximum Gasteiger partial charge on any atom is 0.360 e. The molecule has 3 rings (SSSR count). The summed E-state index contributed by atoms with van der Waals surface area (Å²) in [6.45, 7) is 5.69. The van der Waals surface area contributed by atoms with E-state index in [-0.39, 0.29) is 16.2 Å². The molecule has 1 saturated heterocycles. The molecule has 14 heteroatoms. The lowest BCUT2D eigenvalue weighted by Gasteiger charge is -2.45. The van der Waals surface area contributed by atoms with Crippen LogP contribution in [0.15, 0.2) is 59.7 Å². The number of carbonyl (C=O) groups is 6. The number of hydrogen-bond donors (Lipinski definition) is 5. The predicted molar refractivity (Wildman–Crippen MR) is 150 cm³/mol. The Morgan fingerprint density at radius 1 is 1.05 bits per heavy atom. The van der Waals surface area contributed by atoms with Crippen LogP contribution < -0.4 is 21.8 Å². The molecule has 1 heterocycles. The number of Topliss-reactive ketones (excluding diaryl/α,β-unsaturated/α-hetero) is 1. The average molecular weight is 581 g/mol. The van der Waals surface area contributed by atoms with E-state index in [1.54, 1.807) is 32.9 Å². The van der Waals surface area contributed by atoms with Gasteiger partial charge in [-0.05, 0) is 35.6 Å². The van der Waals surface area contributed by atoms with Crippen LogP contribution in [-0.2, 0) is 29.5 Å². The van der Waals surface area contributed by atoms with Gasteiger partial charge in [-0.3, -0.25) is 24.1 Å². The summed E-state index contributed by atoms with van der Waals surface area (Å²) in [5.41, 5.74) is 0.116. The summed E-state index contributed by atoms with van der Waals surface area (Å²) in [6, 6.07) is 9.96. The summed E-state index contributed by atoms with van der Waals surface area (Å²) in [7, 11) is 0. The lowest BCUT2D eigenvalue weighted by molar-refractivity contribution is -0.163. The third-order valence-corrected chi connectivity index (χ3v) is 7.10. The molecule has 1 aliphatic heterocycles. The third-order valence-electron chi connectivity index (χ3n) is 7.10. The maximum atomic E-state index is 14.6. The second-order valence-electron chi connectivity index (χ2n) is 10.7. The Hall–Kier alpha value is -5.11. The molecule has 7 N–H and O–H groups in total. The number of carboxylic acids is 2. The molecule has 2 aromatic rings. The van der Waals surface area contributed by atoms with Crippen molar-refractivity contribution in [3.05, 3.63) is 65.7 Å². The second-order valence-corrected chi connectivity index (χ2v) is 10.7. The van der Waals surface area contributed by atoms with E-state index in [4.69, 9.17) is 11.6 Å². The third kappa shape index (κ3) is 4.96. The number of aliphatic carboxylic acids is 2. The zero-order valence-corrected chi connectivity index (χ0v) is 23.4. The summed E-state index contributed by atoms with van der Waals surface area (Å²) < 4.78 is 0. The van der Waals surface area contributed by atoms with Gasteiger partial charge in [-0.25, -0.2) is 14.5 Å². The number of benzene rings is 2. The summed E-state index contributed by atoms with van der Waals surface area (Å²) >= 11 is 0. The molecule has 1 fully saturated rings. The van der Waals surface area contributed by atoms with E-state index < -0.39 is 64.6 Å². The van der Waals surface area contributed by atoms with Gasteiger partial charge in [-0.2, -0.15) is 5.10 Å². The van der Waals surface area contributed by atoms with E-state index >= 15 is 0 Å². The highest BCUT2D eigenvalue weighted by Crippen LogP contribution is 2.47.